The molecule has 0 aliphatic heterocycles. The first kappa shape index (κ1) is 63.8. The molecule has 5 nitrogen and oxygen atoms in total. The van der Waals surface area contributed by atoms with Crippen LogP contribution >= 0.6 is 35.9 Å². The van der Waals surface area contributed by atoms with E-state index in [0.717, 1.165) is 55.6 Å². The maximum Gasteiger partial charge on any atom is 0.462 e. The Hall–Kier alpha value is -5.02. The van der Waals surface area contributed by atoms with Crippen molar-refractivity contribution in [2.75, 3.05) is 0 Å². The highest BCUT2D eigenvalue weighted by Crippen LogP contribution is 2.56. The van der Waals surface area contributed by atoms with Crippen molar-refractivity contribution in [3.63, 3.8) is 0 Å². The van der Waals surface area contributed by atoms with Crippen LogP contribution in [0.15, 0.2) is 146 Å². The Morgan fingerprint density at radius 3 is 0.910 bits per heavy atom. The van der Waals surface area contributed by atoms with Crippen LogP contribution in [0.25, 0.3) is 22.3 Å². The van der Waals surface area contributed by atoms with Gasteiger partial charge in [-0.3, -0.25) is 4.57 Å². The van der Waals surface area contributed by atoms with E-state index < -0.39 is 13.4 Å². The molecule has 0 heterocycles. The molecule has 0 bridgehead atoms. The SMILES string of the molecule is Cc1cc(O)c(C(C)(C)C)cc1C(C)(C)C.Cc1cc(OP(=O)(Oc2cc(C)c(C(C)(C)C)cc2C(C)(C)C)c2ccc(-c3ccccc3)cc2)c(C(C)(C)C)cc1C(C)(C)C.O=P(Cl)(Cl)c1ccc(-c2ccccc2)cc1. The number of aryl methyl sites for hydroxylation is 3. The van der Waals surface area contributed by atoms with Crippen LogP contribution in [0.4, 0.5) is 0 Å². The highest BCUT2D eigenvalue weighted by Gasteiger charge is 2.37. The first-order valence-electron chi connectivity index (χ1n) is 27.1. The van der Waals surface area contributed by atoms with Crippen molar-refractivity contribution >= 4 is 46.5 Å². The zero-order valence-corrected chi connectivity index (χ0v) is 53.9. The summed E-state index contributed by atoms with van der Waals surface area (Å²) in [4.78, 5) is 0. The Morgan fingerprint density at radius 1 is 0.346 bits per heavy atom. The highest BCUT2D eigenvalue weighted by atomic mass is 35.9. The van der Waals surface area contributed by atoms with Crippen molar-refractivity contribution in [1.82, 2.24) is 0 Å². The van der Waals surface area contributed by atoms with E-state index in [-0.39, 0.29) is 32.5 Å². The minimum absolute atomic E-state index is 0.0161. The van der Waals surface area contributed by atoms with E-state index in [9.17, 15) is 9.67 Å². The third-order valence-corrected chi connectivity index (χ3v) is 17.7. The maximum atomic E-state index is 15.5. The molecule has 0 aromatic heterocycles. The Morgan fingerprint density at radius 2 is 0.615 bits per heavy atom. The van der Waals surface area contributed by atoms with E-state index in [1.807, 2.05) is 103 Å². The molecule has 0 unspecified atom stereocenters. The second kappa shape index (κ2) is 24.0. The van der Waals surface area contributed by atoms with Crippen molar-refractivity contribution < 1.29 is 23.3 Å². The molecule has 0 aliphatic rings. The standard InChI is InChI=1S/C42H55O3P.C15H24O.C12H9Cl2OP/c1-28-24-37(35(41(9,10)11)26-33(28)39(3,4)5)44-46(43,32-22-20-31(21-23-32)30-18-16-15-17-19-30)45-38-25-29(2)34(40(6,7)8)27-36(38)42(12,13)14;1-10-8-13(16)12(15(5,6)7)9-11(10)14(2,3)4;13-16(14,15)12-8-6-11(7-9-12)10-4-2-1-3-5-10/h15-27H,1-14H3;8-9,16H,1-7H3;1-9H. The van der Waals surface area contributed by atoms with Gasteiger partial charge in [0.05, 0.1) is 5.30 Å². The Kier molecular flexibility index (Phi) is 19.6. The summed E-state index contributed by atoms with van der Waals surface area (Å²) in [5.41, 5.74) is 14.0. The van der Waals surface area contributed by atoms with Crippen LogP contribution in [0, 0.1) is 20.8 Å². The molecular weight excluding hydrogens is 1040 g/mol. The fourth-order valence-corrected chi connectivity index (χ4v) is 12.5. The lowest BCUT2D eigenvalue weighted by atomic mass is 9.78. The summed E-state index contributed by atoms with van der Waals surface area (Å²) in [6.45, 7) is 45.6. The number of halogens is 2. The fourth-order valence-electron chi connectivity index (χ4n) is 9.71. The van der Waals surface area contributed by atoms with Gasteiger partial charge in [-0.15, -0.1) is 0 Å². The molecule has 7 aromatic carbocycles. The monoisotopic (exact) mass is 1130 g/mol. The predicted molar refractivity (Wildman–Crippen MR) is 339 cm³/mol. The average molecular weight is 1130 g/mol. The van der Waals surface area contributed by atoms with Crippen molar-refractivity contribution in [2.45, 2.75) is 178 Å². The number of phenolic OH excluding ortho intramolecular Hbond substituents is 1. The van der Waals surface area contributed by atoms with E-state index in [1.165, 1.54) is 16.7 Å². The van der Waals surface area contributed by atoms with Gasteiger partial charge < -0.3 is 14.2 Å². The van der Waals surface area contributed by atoms with Crippen LogP contribution in [-0.4, -0.2) is 5.11 Å². The van der Waals surface area contributed by atoms with Crippen LogP contribution in [-0.2, 0) is 41.6 Å². The zero-order valence-electron chi connectivity index (χ0n) is 50.6. The highest BCUT2D eigenvalue weighted by molar-refractivity contribution is 8.13. The normalized spacial score (nSPS) is 12.7. The number of hydrogen-bond donors (Lipinski definition) is 1. The van der Waals surface area contributed by atoms with Gasteiger partial charge in [-0.05, 0) is 179 Å². The summed E-state index contributed by atoms with van der Waals surface area (Å²) < 4.78 is 40.5. The van der Waals surface area contributed by atoms with Crippen LogP contribution < -0.4 is 19.7 Å². The van der Waals surface area contributed by atoms with Crippen LogP contribution in [0.5, 0.6) is 17.2 Å². The number of phenols is 1. The third kappa shape index (κ3) is 16.5. The van der Waals surface area contributed by atoms with Gasteiger partial charge in [0.2, 0.25) is 0 Å². The molecule has 0 atom stereocenters. The summed E-state index contributed by atoms with van der Waals surface area (Å²) in [6, 6.07) is 47.6. The van der Waals surface area contributed by atoms with E-state index in [4.69, 9.17) is 31.5 Å². The Labute approximate surface area is 480 Å². The second-order valence-electron chi connectivity index (χ2n) is 27.0. The number of rotatable bonds is 8. The molecule has 418 valence electrons. The first-order valence-corrected chi connectivity index (χ1v) is 32.1. The number of hydrogen-bond acceptors (Lipinski definition) is 5. The predicted octanol–water partition coefficient (Wildman–Crippen LogP) is 21.1. The van der Waals surface area contributed by atoms with E-state index in [0.29, 0.717) is 27.9 Å². The van der Waals surface area contributed by atoms with Crippen molar-refractivity contribution in [3.05, 3.63) is 196 Å². The molecule has 0 saturated carbocycles. The Balaban J connectivity index is 0.000000282. The second-order valence-corrected chi connectivity index (χ2v) is 33.7. The molecule has 1 N–H and O–H groups in total. The topological polar surface area (TPSA) is 72.8 Å². The quantitative estimate of drug-likeness (QED) is 0.154. The van der Waals surface area contributed by atoms with Crippen molar-refractivity contribution in [1.29, 1.82) is 0 Å². The van der Waals surface area contributed by atoms with Gasteiger partial charge in [0.15, 0.2) is 0 Å². The molecule has 78 heavy (non-hydrogen) atoms. The van der Waals surface area contributed by atoms with Gasteiger partial charge in [0.25, 0.3) is 5.85 Å². The van der Waals surface area contributed by atoms with Crippen LogP contribution in [0.1, 0.15) is 175 Å². The van der Waals surface area contributed by atoms with E-state index in [1.54, 1.807) is 12.1 Å². The third-order valence-electron chi connectivity index (χ3n) is 13.8. The summed E-state index contributed by atoms with van der Waals surface area (Å²) in [7, 11) is -3.97. The molecule has 0 fully saturated rings. The van der Waals surface area contributed by atoms with Crippen LogP contribution in [0.3, 0.4) is 0 Å². The molecule has 0 aliphatic carbocycles. The van der Waals surface area contributed by atoms with Gasteiger partial charge in [-0.25, -0.2) is 4.57 Å². The lowest BCUT2D eigenvalue weighted by molar-refractivity contribution is 0.387. The van der Waals surface area contributed by atoms with Gasteiger partial charge in [0.1, 0.15) is 17.2 Å². The molecule has 0 saturated heterocycles. The molecule has 9 heteroatoms. The van der Waals surface area contributed by atoms with Gasteiger partial charge in [-0.1, -0.05) is 228 Å². The molecular formula is C69H88Cl2O5P2. The molecule has 0 amide bonds. The number of benzene rings is 7. The van der Waals surface area contributed by atoms with Crippen LogP contribution in [0.2, 0.25) is 0 Å². The minimum Gasteiger partial charge on any atom is -0.508 e. The fraction of sp³-hybridized carbons (Fsp3) is 0.391. The maximum absolute atomic E-state index is 15.5. The number of aromatic hydroxyl groups is 1. The lowest BCUT2D eigenvalue weighted by Crippen LogP contribution is -2.22. The summed E-state index contributed by atoms with van der Waals surface area (Å²) in [5.74, 6) is -1.59. The summed E-state index contributed by atoms with van der Waals surface area (Å²) in [6.07, 6.45) is 0. The van der Waals surface area contributed by atoms with Gasteiger partial charge in [-0.2, -0.15) is 0 Å². The minimum atomic E-state index is -3.97. The smallest absolute Gasteiger partial charge is 0.462 e. The lowest BCUT2D eigenvalue weighted by Gasteiger charge is -2.32. The summed E-state index contributed by atoms with van der Waals surface area (Å²) >= 11 is 11.2. The van der Waals surface area contributed by atoms with Gasteiger partial charge in [0, 0.05) is 16.4 Å². The van der Waals surface area contributed by atoms with E-state index >= 15 is 4.57 Å². The van der Waals surface area contributed by atoms with Crippen molar-refractivity contribution in [3.8, 4) is 39.5 Å². The zero-order chi connectivity index (χ0) is 58.8. The first-order chi connectivity index (χ1) is 35.6. The molecule has 0 spiro atoms. The molecule has 7 rings (SSSR count). The van der Waals surface area contributed by atoms with Gasteiger partial charge >= 0.3 is 7.60 Å². The molecule has 7 aromatic rings. The van der Waals surface area contributed by atoms with Crippen molar-refractivity contribution in [2.24, 2.45) is 0 Å². The van der Waals surface area contributed by atoms with E-state index in [2.05, 4.69) is 176 Å². The Bertz CT molecular complexity index is 3140. The summed E-state index contributed by atoms with van der Waals surface area (Å²) in [5, 5.41) is 11.0. The largest absolute Gasteiger partial charge is 0.508 e. The average Bonchev–Trinajstić information content (AvgIpc) is 3.30. The molecule has 0 radical (unpaired) electrons.